The molecule has 0 fully saturated rings. The van der Waals surface area contributed by atoms with Gasteiger partial charge in [0.15, 0.2) is 11.5 Å². The zero-order valence-corrected chi connectivity index (χ0v) is 15.7. The number of methoxy groups -OCH3 is 3. The van der Waals surface area contributed by atoms with Gasteiger partial charge >= 0.3 is 0 Å². The number of nitrogens with one attached hydrogen (secondary N) is 1. The third kappa shape index (κ3) is 3.98. The van der Waals surface area contributed by atoms with Crippen LogP contribution in [0.1, 0.15) is 10.5 Å². The molecular weight excluding hydrogens is 372 g/mol. The predicted molar refractivity (Wildman–Crippen MR) is 101 cm³/mol. The minimum absolute atomic E-state index is 0.0944. The van der Waals surface area contributed by atoms with Gasteiger partial charge in [0, 0.05) is 11.1 Å². The molecule has 0 bridgehead atoms. The molecule has 7 nitrogen and oxygen atoms in total. The van der Waals surface area contributed by atoms with E-state index in [0.717, 1.165) is 0 Å². The van der Waals surface area contributed by atoms with Gasteiger partial charge in [-0.1, -0.05) is 16.8 Å². The van der Waals surface area contributed by atoms with Crippen LogP contribution in [-0.4, -0.2) is 32.4 Å². The molecule has 3 aromatic rings. The number of amides is 1. The molecule has 0 aliphatic rings. The van der Waals surface area contributed by atoms with E-state index in [0.29, 0.717) is 39.3 Å². The van der Waals surface area contributed by atoms with Gasteiger partial charge in [0.25, 0.3) is 5.91 Å². The van der Waals surface area contributed by atoms with E-state index >= 15 is 0 Å². The van der Waals surface area contributed by atoms with E-state index in [-0.39, 0.29) is 5.69 Å². The Labute approximate surface area is 160 Å². The normalized spacial score (nSPS) is 10.4. The van der Waals surface area contributed by atoms with Crippen molar-refractivity contribution in [2.24, 2.45) is 0 Å². The topological polar surface area (TPSA) is 82.8 Å². The molecule has 1 amide bonds. The number of benzene rings is 2. The van der Waals surface area contributed by atoms with Crippen molar-refractivity contribution in [1.82, 2.24) is 5.16 Å². The number of carbonyl (C=O) groups is 1. The quantitative estimate of drug-likeness (QED) is 0.678. The molecule has 0 atom stereocenters. The molecule has 0 aliphatic carbocycles. The lowest BCUT2D eigenvalue weighted by Crippen LogP contribution is -2.12. The molecule has 0 unspecified atom stereocenters. The number of carbonyl (C=O) groups excluding carboxylic acids is 1. The Bertz CT molecular complexity index is 970. The summed E-state index contributed by atoms with van der Waals surface area (Å²) in [5.41, 5.74) is 1.14. The molecule has 0 spiro atoms. The van der Waals surface area contributed by atoms with Crippen LogP contribution in [0.25, 0.3) is 11.3 Å². The van der Waals surface area contributed by atoms with Gasteiger partial charge in [0.2, 0.25) is 0 Å². The Morgan fingerprint density at radius 3 is 2.44 bits per heavy atom. The van der Waals surface area contributed by atoms with E-state index in [1.807, 2.05) is 0 Å². The number of halogens is 1. The van der Waals surface area contributed by atoms with Crippen molar-refractivity contribution in [3.05, 3.63) is 53.2 Å². The summed E-state index contributed by atoms with van der Waals surface area (Å²) in [6, 6.07) is 11.7. The number of rotatable bonds is 6. The average Bonchev–Trinajstić information content (AvgIpc) is 3.18. The summed E-state index contributed by atoms with van der Waals surface area (Å²) in [6.45, 7) is 0. The van der Waals surface area contributed by atoms with E-state index in [2.05, 4.69) is 10.5 Å². The van der Waals surface area contributed by atoms with E-state index in [1.165, 1.54) is 13.2 Å². The third-order valence-electron chi connectivity index (χ3n) is 3.82. The summed E-state index contributed by atoms with van der Waals surface area (Å²) in [4.78, 5) is 12.5. The lowest BCUT2D eigenvalue weighted by molar-refractivity contribution is 0.101. The van der Waals surface area contributed by atoms with Crippen molar-refractivity contribution in [2.75, 3.05) is 26.6 Å². The molecule has 3 rings (SSSR count). The second-order valence-electron chi connectivity index (χ2n) is 5.44. The van der Waals surface area contributed by atoms with Crippen LogP contribution in [0.2, 0.25) is 5.02 Å². The Kier molecular flexibility index (Phi) is 5.52. The second-order valence-corrected chi connectivity index (χ2v) is 5.88. The summed E-state index contributed by atoms with van der Waals surface area (Å²) in [5.74, 6) is 1.57. The van der Waals surface area contributed by atoms with Crippen molar-refractivity contribution in [2.45, 2.75) is 0 Å². The molecule has 2 aromatic carbocycles. The van der Waals surface area contributed by atoms with Crippen LogP contribution in [0, 0.1) is 0 Å². The van der Waals surface area contributed by atoms with Gasteiger partial charge in [-0.2, -0.15) is 0 Å². The monoisotopic (exact) mass is 388 g/mol. The molecular formula is C19H17ClN2O5. The smallest absolute Gasteiger partial charge is 0.277 e. The zero-order chi connectivity index (χ0) is 19.4. The van der Waals surface area contributed by atoms with Gasteiger partial charge in [-0.05, 0) is 36.4 Å². The fourth-order valence-corrected chi connectivity index (χ4v) is 2.65. The number of hydrogen-bond donors (Lipinski definition) is 1. The van der Waals surface area contributed by atoms with Gasteiger partial charge in [0.05, 0.1) is 32.6 Å². The number of ether oxygens (including phenoxy) is 3. The summed E-state index contributed by atoms with van der Waals surface area (Å²) in [6.07, 6.45) is 0. The Morgan fingerprint density at radius 1 is 1.00 bits per heavy atom. The Morgan fingerprint density at radius 2 is 1.74 bits per heavy atom. The second kappa shape index (κ2) is 8.01. The SMILES string of the molecule is COc1ccc(OC)c(-c2cc(C(=O)Nc3cc(Cl)ccc3OC)no2)c1. The maximum atomic E-state index is 12.5. The highest BCUT2D eigenvalue weighted by Gasteiger charge is 2.18. The molecule has 1 aromatic heterocycles. The lowest BCUT2D eigenvalue weighted by atomic mass is 10.1. The highest BCUT2D eigenvalue weighted by molar-refractivity contribution is 6.31. The first kappa shape index (κ1) is 18.6. The zero-order valence-electron chi connectivity index (χ0n) is 14.9. The van der Waals surface area contributed by atoms with Crippen molar-refractivity contribution in [3.8, 4) is 28.6 Å². The number of anilines is 1. The van der Waals surface area contributed by atoms with Crippen LogP contribution in [-0.2, 0) is 0 Å². The first-order valence-electron chi connectivity index (χ1n) is 7.89. The molecule has 140 valence electrons. The van der Waals surface area contributed by atoms with E-state index in [9.17, 15) is 4.79 Å². The summed E-state index contributed by atoms with van der Waals surface area (Å²) in [7, 11) is 4.60. The number of hydrogen-bond acceptors (Lipinski definition) is 6. The fourth-order valence-electron chi connectivity index (χ4n) is 2.48. The van der Waals surface area contributed by atoms with Gasteiger partial charge < -0.3 is 24.1 Å². The fraction of sp³-hybridized carbons (Fsp3) is 0.158. The summed E-state index contributed by atoms with van der Waals surface area (Å²) in [5, 5.41) is 7.01. The predicted octanol–water partition coefficient (Wildman–Crippen LogP) is 4.27. The standard InChI is InChI=1S/C19H17ClN2O5/c1-24-12-5-7-16(25-2)13(9-12)18-10-15(22-27-18)19(23)21-14-8-11(20)4-6-17(14)26-3/h4-10H,1-3H3,(H,21,23). The molecule has 0 saturated carbocycles. The third-order valence-corrected chi connectivity index (χ3v) is 4.06. The average molecular weight is 389 g/mol. The highest BCUT2D eigenvalue weighted by Crippen LogP contribution is 2.34. The molecule has 0 saturated heterocycles. The summed E-state index contributed by atoms with van der Waals surface area (Å²) < 4.78 is 21.1. The molecule has 27 heavy (non-hydrogen) atoms. The van der Waals surface area contributed by atoms with Crippen LogP contribution < -0.4 is 19.5 Å². The van der Waals surface area contributed by atoms with E-state index < -0.39 is 5.91 Å². The van der Waals surface area contributed by atoms with Gasteiger partial charge in [-0.3, -0.25) is 4.79 Å². The number of nitrogens with zero attached hydrogens (tertiary/aromatic N) is 1. The molecule has 1 heterocycles. The van der Waals surface area contributed by atoms with Crippen LogP contribution in [0.15, 0.2) is 47.0 Å². The van der Waals surface area contributed by atoms with Gasteiger partial charge in [-0.25, -0.2) is 0 Å². The lowest BCUT2D eigenvalue weighted by Gasteiger charge is -2.09. The van der Waals surface area contributed by atoms with Crippen LogP contribution in [0.5, 0.6) is 17.2 Å². The number of aromatic nitrogens is 1. The molecule has 0 aliphatic heterocycles. The first-order chi connectivity index (χ1) is 13.0. The highest BCUT2D eigenvalue weighted by atomic mass is 35.5. The molecule has 1 N–H and O–H groups in total. The minimum atomic E-state index is -0.465. The summed E-state index contributed by atoms with van der Waals surface area (Å²) >= 11 is 5.98. The van der Waals surface area contributed by atoms with Crippen LogP contribution >= 0.6 is 11.6 Å². The Balaban J connectivity index is 1.88. The maximum absolute atomic E-state index is 12.5. The Hall–Kier alpha value is -3.19. The minimum Gasteiger partial charge on any atom is -0.497 e. The van der Waals surface area contributed by atoms with Crippen molar-refractivity contribution in [1.29, 1.82) is 0 Å². The molecule has 0 radical (unpaired) electrons. The maximum Gasteiger partial charge on any atom is 0.277 e. The van der Waals surface area contributed by atoms with Crippen molar-refractivity contribution in [3.63, 3.8) is 0 Å². The largest absolute Gasteiger partial charge is 0.497 e. The van der Waals surface area contributed by atoms with Crippen LogP contribution in [0.4, 0.5) is 5.69 Å². The van der Waals surface area contributed by atoms with Gasteiger partial charge in [-0.15, -0.1) is 0 Å². The van der Waals surface area contributed by atoms with Crippen LogP contribution in [0.3, 0.4) is 0 Å². The van der Waals surface area contributed by atoms with E-state index in [4.69, 9.17) is 30.3 Å². The van der Waals surface area contributed by atoms with Crippen molar-refractivity contribution >= 4 is 23.2 Å². The van der Waals surface area contributed by atoms with Crippen molar-refractivity contribution < 1.29 is 23.5 Å². The molecule has 8 heteroatoms. The van der Waals surface area contributed by atoms with E-state index in [1.54, 1.807) is 50.6 Å². The van der Waals surface area contributed by atoms with Gasteiger partial charge in [0.1, 0.15) is 17.2 Å². The first-order valence-corrected chi connectivity index (χ1v) is 8.27.